The highest BCUT2D eigenvalue weighted by atomic mass is 35.5. The first kappa shape index (κ1) is 25.9. The first-order valence-corrected chi connectivity index (χ1v) is 10.1. The lowest BCUT2D eigenvalue weighted by molar-refractivity contribution is -0.192. The van der Waals surface area contributed by atoms with Crippen LogP contribution < -0.4 is 10.1 Å². The van der Waals surface area contributed by atoms with Crippen LogP contribution >= 0.6 is 11.6 Å². The van der Waals surface area contributed by atoms with E-state index in [4.69, 9.17) is 26.2 Å². The minimum atomic E-state index is -5.08. The third-order valence-electron chi connectivity index (χ3n) is 4.38. The van der Waals surface area contributed by atoms with Gasteiger partial charge in [-0.2, -0.15) is 13.2 Å². The Kier molecular flexibility index (Phi) is 9.46. The zero-order valence-electron chi connectivity index (χ0n) is 17.2. The molecule has 0 saturated carbocycles. The van der Waals surface area contributed by atoms with Gasteiger partial charge in [0, 0.05) is 43.0 Å². The summed E-state index contributed by atoms with van der Waals surface area (Å²) < 4.78 is 37.3. The van der Waals surface area contributed by atoms with E-state index in [9.17, 15) is 22.8 Å². The number of benzene rings is 1. The molecule has 1 saturated heterocycles. The van der Waals surface area contributed by atoms with Gasteiger partial charge in [0.1, 0.15) is 5.75 Å². The molecule has 1 fully saturated rings. The lowest BCUT2D eigenvalue weighted by Gasteiger charge is -2.26. The number of aliphatic carboxylic acids is 1. The van der Waals surface area contributed by atoms with Crippen molar-refractivity contribution in [2.24, 2.45) is 0 Å². The van der Waals surface area contributed by atoms with Crippen LogP contribution in [-0.2, 0) is 20.9 Å². The summed E-state index contributed by atoms with van der Waals surface area (Å²) in [5.74, 6) is -2.34. The maximum Gasteiger partial charge on any atom is 0.490 e. The number of halogens is 4. The summed E-state index contributed by atoms with van der Waals surface area (Å²) >= 11 is 5.93. The quantitative estimate of drug-likeness (QED) is 0.621. The lowest BCUT2D eigenvalue weighted by Crippen LogP contribution is -2.43. The Bertz CT molecular complexity index is 960. The predicted octanol–water partition coefficient (Wildman–Crippen LogP) is 3.05. The Labute approximate surface area is 192 Å². The van der Waals surface area contributed by atoms with Crippen LogP contribution in [0.1, 0.15) is 18.4 Å². The van der Waals surface area contributed by atoms with Crippen LogP contribution in [0.25, 0.3) is 0 Å². The second-order valence-electron chi connectivity index (χ2n) is 6.99. The highest BCUT2D eigenvalue weighted by molar-refractivity contribution is 6.30. The van der Waals surface area contributed by atoms with E-state index in [1.807, 2.05) is 12.1 Å². The minimum absolute atomic E-state index is 0.0268. The van der Waals surface area contributed by atoms with Gasteiger partial charge in [-0.1, -0.05) is 23.7 Å². The number of hydrogen-bond donors (Lipinski definition) is 2. The van der Waals surface area contributed by atoms with Crippen LogP contribution in [0, 0.1) is 0 Å². The van der Waals surface area contributed by atoms with Gasteiger partial charge in [0.05, 0.1) is 0 Å². The number of aromatic nitrogens is 1. The number of nitrogens with one attached hydrogen (secondary N) is 1. The fraction of sp³-hybridized carbons (Fsp3) is 0.333. The summed E-state index contributed by atoms with van der Waals surface area (Å²) in [4.78, 5) is 38.8. The Hall–Kier alpha value is -3.34. The molecular formula is C21H21ClF3N3O5. The monoisotopic (exact) mass is 487 g/mol. The van der Waals surface area contributed by atoms with Gasteiger partial charge in [-0.25, -0.2) is 4.79 Å². The Balaban J connectivity index is 0.000000479. The van der Waals surface area contributed by atoms with Gasteiger partial charge in [0.25, 0.3) is 5.91 Å². The third kappa shape index (κ3) is 9.36. The molecule has 0 aliphatic carbocycles. The summed E-state index contributed by atoms with van der Waals surface area (Å²) in [6.45, 7) is 0.762. The van der Waals surface area contributed by atoms with Crippen molar-refractivity contribution in [2.45, 2.75) is 31.6 Å². The molecule has 8 nitrogen and oxygen atoms in total. The van der Waals surface area contributed by atoms with Crippen molar-refractivity contribution in [2.75, 3.05) is 13.2 Å². The van der Waals surface area contributed by atoms with Gasteiger partial charge in [-0.3, -0.25) is 14.6 Å². The molecule has 0 spiro atoms. The number of pyridine rings is 1. The van der Waals surface area contributed by atoms with Gasteiger partial charge in [-0.15, -0.1) is 0 Å². The number of carboxylic acids is 1. The smallest absolute Gasteiger partial charge is 0.484 e. The van der Waals surface area contributed by atoms with Crippen molar-refractivity contribution < 1.29 is 37.4 Å². The summed E-state index contributed by atoms with van der Waals surface area (Å²) in [6, 6.07) is 10.6. The highest BCUT2D eigenvalue weighted by Crippen LogP contribution is 2.18. The minimum Gasteiger partial charge on any atom is -0.484 e. The van der Waals surface area contributed by atoms with E-state index in [1.165, 1.54) is 0 Å². The summed E-state index contributed by atoms with van der Waals surface area (Å²) in [5.41, 5.74) is 0.924. The topological polar surface area (TPSA) is 109 Å². The Morgan fingerprint density at radius 3 is 2.55 bits per heavy atom. The van der Waals surface area contributed by atoms with Crippen LogP contribution in [0.4, 0.5) is 13.2 Å². The number of alkyl halides is 3. The highest BCUT2D eigenvalue weighted by Gasteiger charge is 2.38. The normalized spacial score (nSPS) is 15.2. The van der Waals surface area contributed by atoms with Crippen molar-refractivity contribution in [1.82, 2.24) is 15.2 Å². The summed E-state index contributed by atoms with van der Waals surface area (Å²) in [5, 5.41) is 10.6. The van der Waals surface area contributed by atoms with Crippen LogP contribution in [0.5, 0.6) is 5.75 Å². The van der Waals surface area contributed by atoms with E-state index >= 15 is 0 Å². The molecule has 1 aromatic heterocycles. The number of hydrogen-bond acceptors (Lipinski definition) is 5. The lowest BCUT2D eigenvalue weighted by atomic mass is 10.2. The molecule has 2 amide bonds. The number of carbonyl (C=O) groups is 3. The van der Waals surface area contributed by atoms with Crippen LogP contribution in [-0.4, -0.2) is 58.1 Å². The van der Waals surface area contributed by atoms with Crippen molar-refractivity contribution >= 4 is 29.4 Å². The molecule has 2 heterocycles. The van der Waals surface area contributed by atoms with Crippen molar-refractivity contribution in [3.8, 4) is 5.75 Å². The van der Waals surface area contributed by atoms with Crippen molar-refractivity contribution in [1.29, 1.82) is 0 Å². The molecule has 0 bridgehead atoms. The van der Waals surface area contributed by atoms with Gasteiger partial charge < -0.3 is 20.1 Å². The molecule has 12 heteroatoms. The molecule has 1 aliphatic heterocycles. The molecule has 1 aliphatic rings. The number of carbonyl (C=O) groups excluding carboxylic acids is 2. The van der Waals surface area contributed by atoms with Crippen LogP contribution in [0.3, 0.4) is 0 Å². The molecular weight excluding hydrogens is 467 g/mol. The van der Waals surface area contributed by atoms with E-state index in [0.717, 1.165) is 12.0 Å². The summed E-state index contributed by atoms with van der Waals surface area (Å²) in [6.07, 6.45) is -0.441. The third-order valence-corrected chi connectivity index (χ3v) is 4.61. The average molecular weight is 488 g/mol. The molecule has 0 unspecified atom stereocenters. The number of amides is 2. The second kappa shape index (κ2) is 12.0. The first-order valence-electron chi connectivity index (χ1n) is 9.69. The Morgan fingerprint density at radius 1 is 1.27 bits per heavy atom. The maximum absolute atomic E-state index is 12.7. The molecule has 3 rings (SSSR count). The van der Waals surface area contributed by atoms with E-state index in [0.29, 0.717) is 30.3 Å². The fourth-order valence-electron chi connectivity index (χ4n) is 2.84. The first-order chi connectivity index (χ1) is 15.5. The van der Waals surface area contributed by atoms with Crippen molar-refractivity contribution in [3.63, 3.8) is 0 Å². The fourth-order valence-corrected chi connectivity index (χ4v) is 3.02. The molecule has 33 heavy (non-hydrogen) atoms. The maximum atomic E-state index is 12.7. The molecule has 1 aromatic carbocycles. The van der Waals surface area contributed by atoms with Crippen molar-refractivity contribution in [3.05, 3.63) is 59.4 Å². The average Bonchev–Trinajstić information content (AvgIpc) is 3.17. The molecule has 2 N–H and O–H groups in total. The summed E-state index contributed by atoms with van der Waals surface area (Å²) in [7, 11) is 0. The molecule has 1 atom stereocenters. The van der Waals surface area contributed by atoms with Gasteiger partial charge in [0.2, 0.25) is 5.91 Å². The molecule has 0 radical (unpaired) electrons. The molecule has 2 aromatic rings. The zero-order valence-corrected chi connectivity index (χ0v) is 18.0. The van der Waals surface area contributed by atoms with Gasteiger partial charge in [-0.05, 0) is 36.2 Å². The zero-order chi connectivity index (χ0) is 24.4. The predicted molar refractivity (Wildman–Crippen MR) is 111 cm³/mol. The number of nitrogens with zero attached hydrogens (tertiary/aromatic N) is 2. The van der Waals surface area contributed by atoms with Crippen LogP contribution in [0.2, 0.25) is 5.02 Å². The number of rotatable bonds is 7. The SMILES string of the molecule is O=C(O)C(F)(F)F.O=C1CC[C@@H](CN(Cc2cccnc2)C(=O)COc2cccc(Cl)c2)N1. The van der Waals surface area contributed by atoms with E-state index < -0.39 is 12.1 Å². The van der Waals surface area contributed by atoms with Crippen LogP contribution in [0.15, 0.2) is 48.8 Å². The standard InChI is InChI=1S/C19H20ClN3O3.C2HF3O2/c20-15-4-1-5-17(9-15)26-13-19(25)23(11-14-3-2-8-21-10-14)12-16-6-7-18(24)22-16;3-2(4,5)1(6)7/h1-5,8-10,16H,6-7,11-13H2,(H,22,24);(H,6,7)/t16-;/m0./s1. The van der Waals surface area contributed by atoms with Gasteiger partial charge >= 0.3 is 12.1 Å². The van der Waals surface area contributed by atoms with E-state index in [-0.39, 0.29) is 24.5 Å². The molecule has 178 valence electrons. The largest absolute Gasteiger partial charge is 0.490 e. The van der Waals surface area contributed by atoms with E-state index in [2.05, 4.69) is 10.3 Å². The second-order valence-corrected chi connectivity index (χ2v) is 7.42. The van der Waals surface area contributed by atoms with Gasteiger partial charge in [0.15, 0.2) is 6.61 Å². The van der Waals surface area contributed by atoms with E-state index in [1.54, 1.807) is 41.6 Å². The number of ether oxygens (including phenoxy) is 1. The number of carboxylic acid groups (broad SMARTS) is 1. The Morgan fingerprint density at radius 2 is 2.00 bits per heavy atom.